The molecule has 37 heavy (non-hydrogen) atoms. The molecule has 1 aliphatic rings. The van der Waals surface area contributed by atoms with Gasteiger partial charge in [-0.2, -0.15) is 0 Å². The molecule has 8 heteroatoms. The fourth-order valence-corrected chi connectivity index (χ4v) is 4.62. The lowest BCUT2D eigenvalue weighted by atomic mass is 10.1. The second-order valence-corrected chi connectivity index (χ2v) is 10.5. The number of fused-ring (bicyclic) bond motifs is 1. The van der Waals surface area contributed by atoms with Crippen LogP contribution >= 0.6 is 11.8 Å². The minimum atomic E-state index is -0.706. The molecule has 1 fully saturated rings. The first-order chi connectivity index (χ1) is 17.6. The highest BCUT2D eigenvalue weighted by Gasteiger charge is 2.37. The lowest BCUT2D eigenvalue weighted by Crippen LogP contribution is -2.37. The Balaban J connectivity index is 1.48. The van der Waals surface area contributed by atoms with Crippen molar-refractivity contribution in [2.45, 2.75) is 39.9 Å². The largest absolute Gasteiger partial charge is 0.490 e. The lowest BCUT2D eigenvalue weighted by molar-refractivity contribution is -0.156. The Kier molecular flexibility index (Phi) is 7.88. The first-order valence-corrected chi connectivity index (χ1v) is 12.8. The van der Waals surface area contributed by atoms with E-state index in [1.165, 1.54) is 5.39 Å². The van der Waals surface area contributed by atoms with E-state index in [4.69, 9.17) is 14.2 Å². The van der Waals surface area contributed by atoms with Gasteiger partial charge in [0.2, 0.25) is 0 Å². The number of nitrogens with zero attached hydrogens (tertiary/aromatic N) is 1. The molecular weight excluding hydrogens is 490 g/mol. The van der Waals surface area contributed by atoms with Crippen molar-refractivity contribution in [1.82, 2.24) is 4.90 Å². The van der Waals surface area contributed by atoms with Crippen LogP contribution in [-0.4, -0.2) is 40.8 Å². The van der Waals surface area contributed by atoms with Gasteiger partial charge in [0.1, 0.15) is 18.8 Å². The molecule has 0 atom stereocenters. The van der Waals surface area contributed by atoms with Crippen LogP contribution in [0.5, 0.6) is 11.5 Å². The molecule has 1 saturated heterocycles. The summed E-state index contributed by atoms with van der Waals surface area (Å²) in [5, 5.41) is 1.80. The SMILES string of the molecule is CCOc1cc(C=C2SC(=O)N(CC(=O)OC(C)(C)C)C2=O)ccc1OCc1ccc2ccccc2c1. The molecule has 1 aliphatic heterocycles. The fourth-order valence-electron chi connectivity index (χ4n) is 3.78. The van der Waals surface area contributed by atoms with Crippen LogP contribution in [0.25, 0.3) is 16.8 Å². The van der Waals surface area contributed by atoms with Gasteiger partial charge in [0.25, 0.3) is 11.1 Å². The number of hydrogen-bond acceptors (Lipinski definition) is 7. The molecule has 0 radical (unpaired) electrons. The summed E-state index contributed by atoms with van der Waals surface area (Å²) < 4.78 is 17.1. The minimum absolute atomic E-state index is 0.223. The van der Waals surface area contributed by atoms with E-state index in [9.17, 15) is 14.4 Å². The molecule has 2 amide bonds. The smallest absolute Gasteiger partial charge is 0.326 e. The summed E-state index contributed by atoms with van der Waals surface area (Å²) in [7, 11) is 0. The summed E-state index contributed by atoms with van der Waals surface area (Å²) in [6.45, 7) is 7.43. The summed E-state index contributed by atoms with van der Waals surface area (Å²) >= 11 is 0.787. The third-order valence-electron chi connectivity index (χ3n) is 5.35. The van der Waals surface area contributed by atoms with Crippen molar-refractivity contribution in [3.05, 3.63) is 76.7 Å². The van der Waals surface area contributed by atoms with Gasteiger partial charge in [-0.1, -0.05) is 42.5 Å². The molecule has 0 unspecified atom stereocenters. The van der Waals surface area contributed by atoms with E-state index in [1.807, 2.05) is 25.1 Å². The van der Waals surface area contributed by atoms with Crippen molar-refractivity contribution in [1.29, 1.82) is 0 Å². The van der Waals surface area contributed by atoms with Gasteiger partial charge in [-0.25, -0.2) is 0 Å². The number of amides is 2. The maximum absolute atomic E-state index is 12.8. The Morgan fingerprint density at radius 2 is 1.70 bits per heavy atom. The summed E-state index contributed by atoms with van der Waals surface area (Å²) in [5.41, 5.74) is 0.996. The summed E-state index contributed by atoms with van der Waals surface area (Å²) in [6.07, 6.45) is 1.61. The van der Waals surface area contributed by atoms with E-state index in [2.05, 4.69) is 24.3 Å². The third-order valence-corrected chi connectivity index (χ3v) is 6.26. The van der Waals surface area contributed by atoms with Gasteiger partial charge in [0.05, 0.1) is 11.5 Å². The van der Waals surface area contributed by atoms with Crippen LogP contribution in [0.4, 0.5) is 4.79 Å². The predicted molar refractivity (Wildman–Crippen MR) is 144 cm³/mol. The zero-order valence-corrected chi connectivity index (χ0v) is 22.1. The quantitative estimate of drug-likeness (QED) is 0.259. The Morgan fingerprint density at radius 3 is 2.43 bits per heavy atom. The molecule has 0 saturated carbocycles. The van der Waals surface area contributed by atoms with E-state index in [1.54, 1.807) is 45.0 Å². The average Bonchev–Trinajstić information content (AvgIpc) is 3.09. The van der Waals surface area contributed by atoms with Crippen LogP contribution in [0.3, 0.4) is 0 Å². The number of thioether (sulfide) groups is 1. The highest BCUT2D eigenvalue weighted by Crippen LogP contribution is 2.35. The van der Waals surface area contributed by atoms with Crippen molar-refractivity contribution < 1.29 is 28.6 Å². The topological polar surface area (TPSA) is 82.1 Å². The van der Waals surface area contributed by atoms with Crippen LogP contribution in [0.1, 0.15) is 38.8 Å². The van der Waals surface area contributed by atoms with E-state index < -0.39 is 29.3 Å². The zero-order valence-electron chi connectivity index (χ0n) is 21.3. The van der Waals surface area contributed by atoms with Gasteiger partial charge >= 0.3 is 5.97 Å². The summed E-state index contributed by atoms with van der Waals surface area (Å²) in [4.78, 5) is 38.4. The Labute approximate surface area is 220 Å². The number of imide groups is 1. The van der Waals surface area contributed by atoms with E-state index in [-0.39, 0.29) is 4.91 Å². The molecule has 7 nitrogen and oxygen atoms in total. The average molecular weight is 520 g/mol. The molecule has 0 N–H and O–H groups in total. The third kappa shape index (κ3) is 6.71. The van der Waals surface area contributed by atoms with Crippen molar-refractivity contribution in [3.8, 4) is 11.5 Å². The second-order valence-electron chi connectivity index (χ2n) is 9.46. The van der Waals surface area contributed by atoms with Gasteiger partial charge in [-0.05, 0) is 85.6 Å². The van der Waals surface area contributed by atoms with Crippen LogP contribution in [-0.2, 0) is 20.9 Å². The second kappa shape index (κ2) is 11.1. The predicted octanol–water partition coefficient (Wildman–Crippen LogP) is 6.20. The van der Waals surface area contributed by atoms with Crippen LogP contribution in [0.15, 0.2) is 65.6 Å². The fraction of sp³-hybridized carbons (Fsp3) is 0.276. The maximum Gasteiger partial charge on any atom is 0.326 e. The van der Waals surface area contributed by atoms with E-state index in [0.29, 0.717) is 30.3 Å². The number of ether oxygens (including phenoxy) is 3. The van der Waals surface area contributed by atoms with Gasteiger partial charge < -0.3 is 14.2 Å². The summed E-state index contributed by atoms with van der Waals surface area (Å²) in [6, 6.07) is 19.7. The van der Waals surface area contributed by atoms with Crippen molar-refractivity contribution >= 4 is 45.7 Å². The molecule has 3 aromatic rings. The number of carbonyl (C=O) groups excluding carboxylic acids is 3. The molecule has 0 spiro atoms. The molecule has 0 aliphatic carbocycles. The van der Waals surface area contributed by atoms with Gasteiger partial charge in [-0.3, -0.25) is 19.3 Å². The van der Waals surface area contributed by atoms with Gasteiger partial charge in [0, 0.05) is 0 Å². The van der Waals surface area contributed by atoms with E-state index in [0.717, 1.165) is 27.6 Å². The van der Waals surface area contributed by atoms with Crippen LogP contribution in [0, 0.1) is 0 Å². The maximum atomic E-state index is 12.8. The lowest BCUT2D eigenvalue weighted by Gasteiger charge is -2.21. The first-order valence-electron chi connectivity index (χ1n) is 12.0. The minimum Gasteiger partial charge on any atom is -0.490 e. The number of esters is 1. The zero-order chi connectivity index (χ0) is 26.6. The molecule has 0 bridgehead atoms. The van der Waals surface area contributed by atoms with E-state index >= 15 is 0 Å². The highest BCUT2D eigenvalue weighted by molar-refractivity contribution is 8.18. The monoisotopic (exact) mass is 519 g/mol. The van der Waals surface area contributed by atoms with Crippen molar-refractivity contribution in [2.75, 3.05) is 13.2 Å². The molecule has 0 aromatic heterocycles. The standard InChI is InChI=1S/C29H29NO6S/c1-5-34-24-15-19(16-25-27(32)30(28(33)37-25)17-26(31)36-29(2,3)4)11-13-23(24)35-18-20-10-12-21-8-6-7-9-22(21)14-20/h6-16H,5,17-18H2,1-4H3. The van der Waals surface area contributed by atoms with Crippen LogP contribution < -0.4 is 9.47 Å². The number of benzene rings is 3. The molecule has 1 heterocycles. The highest BCUT2D eigenvalue weighted by atomic mass is 32.2. The number of carbonyl (C=O) groups is 3. The molecular formula is C29H29NO6S. The molecule has 192 valence electrons. The Morgan fingerprint density at radius 1 is 0.946 bits per heavy atom. The molecule has 4 rings (SSSR count). The van der Waals surface area contributed by atoms with Crippen LogP contribution in [0.2, 0.25) is 0 Å². The van der Waals surface area contributed by atoms with Gasteiger partial charge in [-0.15, -0.1) is 0 Å². The number of rotatable bonds is 8. The van der Waals surface area contributed by atoms with Gasteiger partial charge in [0.15, 0.2) is 11.5 Å². The molecule has 3 aromatic carbocycles. The first kappa shape index (κ1) is 26.3. The van der Waals surface area contributed by atoms with Crippen molar-refractivity contribution in [2.24, 2.45) is 0 Å². The summed E-state index contributed by atoms with van der Waals surface area (Å²) in [5.74, 6) is -0.0618. The number of hydrogen-bond donors (Lipinski definition) is 0. The Bertz CT molecular complexity index is 1370. The normalized spacial score (nSPS) is 14.9. The Hall–Kier alpha value is -3.78. The van der Waals surface area contributed by atoms with Crippen molar-refractivity contribution in [3.63, 3.8) is 0 Å².